The third-order valence-electron chi connectivity index (χ3n) is 6.01. The summed E-state index contributed by atoms with van der Waals surface area (Å²) in [5, 5.41) is 10.1. The highest BCUT2D eigenvalue weighted by atomic mass is 16.4. The maximum absolute atomic E-state index is 13.3. The van der Waals surface area contributed by atoms with Crippen LogP contribution in [0.15, 0.2) is 54.6 Å². The van der Waals surface area contributed by atoms with Crippen LogP contribution in [0.25, 0.3) is 0 Å². The van der Waals surface area contributed by atoms with Crippen molar-refractivity contribution in [3.05, 3.63) is 71.3 Å². The van der Waals surface area contributed by atoms with Gasteiger partial charge in [0.05, 0.1) is 5.54 Å². The molecular weight excluding hydrogens is 326 g/mol. The predicted molar refractivity (Wildman–Crippen MR) is 99.2 cm³/mol. The van der Waals surface area contributed by atoms with Crippen LogP contribution >= 0.6 is 0 Å². The van der Waals surface area contributed by atoms with E-state index < -0.39 is 17.4 Å². The normalized spacial score (nSPS) is 21.0. The first-order chi connectivity index (χ1) is 12.6. The summed E-state index contributed by atoms with van der Waals surface area (Å²) in [6.45, 7) is 0.557. The maximum atomic E-state index is 13.3. The van der Waals surface area contributed by atoms with E-state index >= 15 is 0 Å². The van der Waals surface area contributed by atoms with Crippen LogP contribution in [0.1, 0.15) is 53.1 Å². The maximum Gasteiger partial charge on any atom is 0.313 e. The molecular formula is C22H23NO3. The van der Waals surface area contributed by atoms with E-state index in [1.54, 1.807) is 6.07 Å². The van der Waals surface area contributed by atoms with Gasteiger partial charge in [-0.25, -0.2) is 0 Å². The Kier molecular flexibility index (Phi) is 4.27. The van der Waals surface area contributed by atoms with Crippen molar-refractivity contribution < 1.29 is 14.7 Å². The molecule has 1 fully saturated rings. The number of carboxylic acids is 1. The lowest BCUT2D eigenvalue weighted by atomic mass is 9.71. The Morgan fingerprint density at radius 1 is 1.04 bits per heavy atom. The molecule has 2 aromatic carbocycles. The molecule has 1 N–H and O–H groups in total. The van der Waals surface area contributed by atoms with Crippen molar-refractivity contribution in [3.8, 4) is 0 Å². The predicted octanol–water partition coefficient (Wildman–Crippen LogP) is 3.87. The summed E-state index contributed by atoms with van der Waals surface area (Å²) in [6.07, 6.45) is 4.21. The third kappa shape index (κ3) is 2.61. The Morgan fingerprint density at radius 3 is 2.38 bits per heavy atom. The molecule has 1 aliphatic heterocycles. The fourth-order valence-corrected chi connectivity index (χ4v) is 4.85. The molecule has 1 heterocycles. The van der Waals surface area contributed by atoms with Gasteiger partial charge in [-0.15, -0.1) is 0 Å². The number of nitrogens with zero attached hydrogens (tertiary/aromatic N) is 1. The van der Waals surface area contributed by atoms with E-state index in [2.05, 4.69) is 12.1 Å². The van der Waals surface area contributed by atoms with E-state index in [4.69, 9.17) is 0 Å². The minimum Gasteiger partial charge on any atom is -0.481 e. The summed E-state index contributed by atoms with van der Waals surface area (Å²) in [7, 11) is 0. The van der Waals surface area contributed by atoms with Crippen LogP contribution in [0, 0.1) is 0 Å². The molecule has 1 amide bonds. The average molecular weight is 349 g/mol. The van der Waals surface area contributed by atoms with E-state index in [-0.39, 0.29) is 5.91 Å². The molecule has 4 heteroatoms. The number of fused-ring (bicyclic) bond motifs is 1. The standard InChI is InChI=1S/C22H23NO3/c24-20-18-11-5-4-10-17(18)19(21(25)26)22(13-6-7-14-22)23(20)15-12-16-8-2-1-3-9-16/h1-5,8-11,19H,6-7,12-15H2,(H,25,26)/t19-/m0/s1. The monoisotopic (exact) mass is 349 g/mol. The van der Waals surface area contributed by atoms with Crippen molar-refractivity contribution in [1.82, 2.24) is 4.90 Å². The molecule has 4 rings (SSSR count). The molecule has 1 spiro atoms. The largest absolute Gasteiger partial charge is 0.481 e. The minimum atomic E-state index is -0.823. The van der Waals surface area contributed by atoms with Gasteiger partial charge in [-0.1, -0.05) is 61.4 Å². The van der Waals surface area contributed by atoms with Crippen molar-refractivity contribution >= 4 is 11.9 Å². The Hall–Kier alpha value is -2.62. The zero-order chi connectivity index (χ0) is 18.1. The number of aliphatic carboxylic acids is 1. The molecule has 1 saturated carbocycles. The molecule has 0 radical (unpaired) electrons. The number of rotatable bonds is 4. The number of carbonyl (C=O) groups is 2. The number of carbonyl (C=O) groups excluding carboxylic acids is 1. The molecule has 0 bridgehead atoms. The highest BCUT2D eigenvalue weighted by Crippen LogP contribution is 2.50. The molecule has 1 aliphatic carbocycles. The summed E-state index contributed by atoms with van der Waals surface area (Å²) in [5.41, 5.74) is 1.80. The van der Waals surface area contributed by atoms with E-state index in [9.17, 15) is 14.7 Å². The topological polar surface area (TPSA) is 57.6 Å². The zero-order valence-corrected chi connectivity index (χ0v) is 14.7. The molecule has 0 saturated heterocycles. The van der Waals surface area contributed by atoms with Gasteiger partial charge in [0.1, 0.15) is 5.92 Å². The average Bonchev–Trinajstić information content (AvgIpc) is 3.12. The summed E-state index contributed by atoms with van der Waals surface area (Å²) in [4.78, 5) is 27.5. The molecule has 26 heavy (non-hydrogen) atoms. The number of amides is 1. The van der Waals surface area contributed by atoms with Gasteiger partial charge >= 0.3 is 5.97 Å². The van der Waals surface area contributed by atoms with Crippen LogP contribution in [0.4, 0.5) is 0 Å². The van der Waals surface area contributed by atoms with Crippen LogP contribution in [0.3, 0.4) is 0 Å². The second-order valence-corrected chi connectivity index (χ2v) is 7.36. The second-order valence-electron chi connectivity index (χ2n) is 7.36. The lowest BCUT2D eigenvalue weighted by Gasteiger charge is -2.49. The first kappa shape index (κ1) is 16.8. The summed E-state index contributed by atoms with van der Waals surface area (Å²) in [5.74, 6) is -1.48. The Morgan fingerprint density at radius 2 is 1.69 bits per heavy atom. The summed E-state index contributed by atoms with van der Waals surface area (Å²) >= 11 is 0. The van der Waals surface area contributed by atoms with Gasteiger partial charge in [-0.3, -0.25) is 9.59 Å². The van der Waals surface area contributed by atoms with Crippen LogP contribution in [0.5, 0.6) is 0 Å². The van der Waals surface area contributed by atoms with Gasteiger partial charge in [0, 0.05) is 12.1 Å². The Balaban J connectivity index is 1.76. The van der Waals surface area contributed by atoms with Crippen LogP contribution in [-0.2, 0) is 11.2 Å². The van der Waals surface area contributed by atoms with Gasteiger partial charge in [-0.2, -0.15) is 0 Å². The lowest BCUT2D eigenvalue weighted by molar-refractivity contribution is -0.143. The van der Waals surface area contributed by atoms with Gasteiger partial charge in [0.2, 0.25) is 0 Å². The fourth-order valence-electron chi connectivity index (χ4n) is 4.85. The van der Waals surface area contributed by atoms with Gasteiger partial charge in [0.15, 0.2) is 0 Å². The quantitative estimate of drug-likeness (QED) is 0.912. The summed E-state index contributed by atoms with van der Waals surface area (Å²) in [6, 6.07) is 17.3. The zero-order valence-electron chi connectivity index (χ0n) is 14.7. The molecule has 0 aromatic heterocycles. The van der Waals surface area contributed by atoms with E-state index in [1.807, 2.05) is 41.3 Å². The van der Waals surface area contributed by atoms with Crippen LogP contribution in [0.2, 0.25) is 0 Å². The number of carboxylic acid groups (broad SMARTS) is 1. The van der Waals surface area contributed by atoms with Crippen LogP contribution < -0.4 is 0 Å². The Bertz CT molecular complexity index is 824. The fraction of sp³-hybridized carbons (Fsp3) is 0.364. The second kappa shape index (κ2) is 6.60. The van der Waals surface area contributed by atoms with Gasteiger partial charge < -0.3 is 10.0 Å². The molecule has 1 atom stereocenters. The molecule has 2 aromatic rings. The molecule has 2 aliphatic rings. The SMILES string of the molecule is O=C(O)[C@@H]1c2ccccc2C(=O)N(CCc2ccccc2)C12CCCC2. The van der Waals surface area contributed by atoms with Gasteiger partial charge in [0.25, 0.3) is 5.91 Å². The van der Waals surface area contributed by atoms with Crippen molar-refractivity contribution in [3.63, 3.8) is 0 Å². The van der Waals surface area contributed by atoms with E-state index in [1.165, 1.54) is 5.56 Å². The Labute approximate surface area is 153 Å². The first-order valence-electron chi connectivity index (χ1n) is 9.31. The molecule has 4 nitrogen and oxygen atoms in total. The van der Waals surface area contributed by atoms with E-state index in [0.29, 0.717) is 17.7 Å². The summed E-state index contributed by atoms with van der Waals surface area (Å²) < 4.78 is 0. The smallest absolute Gasteiger partial charge is 0.313 e. The van der Waals surface area contributed by atoms with Crippen molar-refractivity contribution in [2.75, 3.05) is 6.54 Å². The van der Waals surface area contributed by atoms with E-state index in [0.717, 1.165) is 32.1 Å². The molecule has 134 valence electrons. The lowest BCUT2D eigenvalue weighted by Crippen LogP contribution is -2.59. The minimum absolute atomic E-state index is 0.0177. The third-order valence-corrected chi connectivity index (χ3v) is 6.01. The van der Waals surface area contributed by atoms with Crippen molar-refractivity contribution in [2.24, 2.45) is 0 Å². The first-order valence-corrected chi connectivity index (χ1v) is 9.31. The number of benzene rings is 2. The van der Waals surface area contributed by atoms with Crippen molar-refractivity contribution in [1.29, 1.82) is 0 Å². The highest BCUT2D eigenvalue weighted by molar-refractivity contribution is 6.01. The number of hydrogen-bond acceptors (Lipinski definition) is 2. The number of hydrogen-bond donors (Lipinski definition) is 1. The van der Waals surface area contributed by atoms with Crippen molar-refractivity contribution in [2.45, 2.75) is 43.6 Å². The highest BCUT2D eigenvalue weighted by Gasteiger charge is 2.55. The molecule has 0 unspecified atom stereocenters. The van der Waals surface area contributed by atoms with Gasteiger partial charge in [-0.05, 0) is 36.5 Å². The van der Waals surface area contributed by atoms with Crippen LogP contribution in [-0.4, -0.2) is 34.0 Å².